The molecule has 5 nitrogen and oxygen atoms in total. The van der Waals surface area contributed by atoms with Gasteiger partial charge in [0.15, 0.2) is 0 Å². The third-order valence-electron chi connectivity index (χ3n) is 2.70. The number of methoxy groups -OCH3 is 1. The minimum absolute atomic E-state index is 0.197. The van der Waals surface area contributed by atoms with Crippen molar-refractivity contribution in [1.29, 1.82) is 0 Å². The van der Waals surface area contributed by atoms with E-state index in [9.17, 15) is 8.42 Å². The Morgan fingerprint density at radius 1 is 1.32 bits per heavy atom. The summed E-state index contributed by atoms with van der Waals surface area (Å²) in [6.45, 7) is 4.71. The predicted octanol–water partition coefficient (Wildman–Crippen LogP) is 1.44. The number of rotatable bonds is 6. The van der Waals surface area contributed by atoms with Gasteiger partial charge in [-0.05, 0) is 17.7 Å². The van der Waals surface area contributed by atoms with Crippen molar-refractivity contribution in [2.24, 2.45) is 0 Å². The third-order valence-corrected chi connectivity index (χ3v) is 4.54. The molecule has 0 atom stereocenters. The second-order valence-corrected chi connectivity index (χ2v) is 6.93. The molecule has 6 heteroatoms. The number of hydrogen-bond acceptors (Lipinski definition) is 4. The van der Waals surface area contributed by atoms with Crippen molar-refractivity contribution in [3.05, 3.63) is 23.8 Å². The lowest BCUT2D eigenvalue weighted by Crippen LogP contribution is -2.24. The topological polar surface area (TPSA) is 58.6 Å². The number of sulfonamides is 1. The highest BCUT2D eigenvalue weighted by Crippen LogP contribution is 2.26. The molecule has 0 aliphatic carbocycles. The second-order valence-electron chi connectivity index (χ2n) is 4.81. The van der Waals surface area contributed by atoms with Crippen LogP contribution in [0.3, 0.4) is 0 Å². The Bertz CT molecular complexity index is 525. The van der Waals surface area contributed by atoms with Crippen molar-refractivity contribution in [3.63, 3.8) is 0 Å². The molecule has 0 aliphatic heterocycles. The monoisotopic (exact) mass is 286 g/mol. The van der Waals surface area contributed by atoms with Crippen LogP contribution in [-0.2, 0) is 16.6 Å². The van der Waals surface area contributed by atoms with Gasteiger partial charge in [0.2, 0.25) is 10.0 Å². The molecule has 0 saturated heterocycles. The van der Waals surface area contributed by atoms with Crippen molar-refractivity contribution in [2.75, 3.05) is 21.2 Å². The van der Waals surface area contributed by atoms with Gasteiger partial charge in [-0.1, -0.05) is 19.9 Å². The van der Waals surface area contributed by atoms with Crippen molar-refractivity contribution in [1.82, 2.24) is 9.62 Å². The molecule has 0 radical (unpaired) electrons. The Kier molecular flexibility index (Phi) is 5.34. The summed E-state index contributed by atoms with van der Waals surface area (Å²) in [6.07, 6.45) is 0. The summed E-state index contributed by atoms with van der Waals surface area (Å²) in [6, 6.07) is 5.55. The van der Waals surface area contributed by atoms with Gasteiger partial charge in [0, 0.05) is 26.7 Å². The van der Waals surface area contributed by atoms with Crippen molar-refractivity contribution in [2.45, 2.75) is 31.3 Å². The number of hydrogen-bond donors (Lipinski definition) is 1. The van der Waals surface area contributed by atoms with Crippen LogP contribution in [-0.4, -0.2) is 40.0 Å². The van der Waals surface area contributed by atoms with Gasteiger partial charge in [-0.15, -0.1) is 0 Å². The fourth-order valence-electron chi connectivity index (χ4n) is 1.55. The van der Waals surface area contributed by atoms with Crippen LogP contribution in [0.4, 0.5) is 0 Å². The van der Waals surface area contributed by atoms with Crippen LogP contribution in [0.25, 0.3) is 0 Å². The average molecular weight is 286 g/mol. The van der Waals surface area contributed by atoms with E-state index >= 15 is 0 Å². The van der Waals surface area contributed by atoms with E-state index in [1.165, 1.54) is 25.5 Å². The minimum Gasteiger partial charge on any atom is -0.495 e. The molecule has 0 bridgehead atoms. The molecule has 0 aliphatic rings. The number of nitrogens with zero attached hydrogens (tertiary/aromatic N) is 1. The van der Waals surface area contributed by atoms with Crippen molar-refractivity contribution >= 4 is 10.0 Å². The summed E-state index contributed by atoms with van der Waals surface area (Å²) in [5, 5.41) is 3.26. The molecule has 1 rings (SSSR count). The summed E-state index contributed by atoms with van der Waals surface area (Å²) in [7, 11) is 0.984. The van der Waals surface area contributed by atoms with Crippen LogP contribution in [0.2, 0.25) is 0 Å². The standard InChI is InChI=1S/C13H22N2O3S/c1-10(2)14-9-11-6-7-12(18-5)13(8-11)19(16,17)15(3)4/h6-8,10,14H,9H2,1-5H3. The molecule has 0 fully saturated rings. The Morgan fingerprint density at radius 3 is 2.42 bits per heavy atom. The van der Waals surface area contributed by atoms with Gasteiger partial charge < -0.3 is 10.1 Å². The van der Waals surface area contributed by atoms with E-state index in [1.807, 2.05) is 19.9 Å². The van der Waals surface area contributed by atoms with E-state index in [4.69, 9.17) is 4.74 Å². The fourth-order valence-corrected chi connectivity index (χ4v) is 2.65. The fraction of sp³-hybridized carbons (Fsp3) is 0.538. The quantitative estimate of drug-likeness (QED) is 0.860. The molecule has 0 aromatic heterocycles. The predicted molar refractivity (Wildman–Crippen MR) is 75.8 cm³/mol. The number of ether oxygens (including phenoxy) is 1. The van der Waals surface area contributed by atoms with E-state index < -0.39 is 10.0 Å². The van der Waals surface area contributed by atoms with E-state index in [0.717, 1.165) is 5.56 Å². The van der Waals surface area contributed by atoms with E-state index in [1.54, 1.807) is 12.1 Å². The lowest BCUT2D eigenvalue weighted by molar-refractivity contribution is 0.400. The van der Waals surface area contributed by atoms with E-state index in [0.29, 0.717) is 18.3 Å². The summed E-state index contributed by atoms with van der Waals surface area (Å²) in [5.74, 6) is 0.363. The van der Waals surface area contributed by atoms with Crippen LogP contribution < -0.4 is 10.1 Å². The maximum atomic E-state index is 12.2. The molecule has 1 N–H and O–H groups in total. The van der Waals surface area contributed by atoms with Crippen molar-refractivity contribution < 1.29 is 13.2 Å². The molecule has 1 aromatic carbocycles. The third kappa shape index (κ3) is 3.92. The van der Waals surface area contributed by atoms with Crippen LogP contribution in [0.5, 0.6) is 5.75 Å². The molecular weight excluding hydrogens is 264 g/mol. The van der Waals surface area contributed by atoms with Gasteiger partial charge in [-0.2, -0.15) is 0 Å². The summed E-state index contributed by atoms with van der Waals surface area (Å²) >= 11 is 0. The molecule has 1 aromatic rings. The highest BCUT2D eigenvalue weighted by molar-refractivity contribution is 7.89. The minimum atomic E-state index is -3.50. The van der Waals surface area contributed by atoms with Gasteiger partial charge in [0.1, 0.15) is 10.6 Å². The lowest BCUT2D eigenvalue weighted by atomic mass is 10.2. The smallest absolute Gasteiger partial charge is 0.246 e. The Morgan fingerprint density at radius 2 is 1.95 bits per heavy atom. The SMILES string of the molecule is COc1ccc(CNC(C)C)cc1S(=O)(=O)N(C)C. The van der Waals surface area contributed by atoms with E-state index in [2.05, 4.69) is 5.32 Å². The molecule has 0 unspecified atom stereocenters. The van der Waals surface area contributed by atoms with Gasteiger partial charge in [-0.25, -0.2) is 12.7 Å². The highest BCUT2D eigenvalue weighted by atomic mass is 32.2. The molecular formula is C13H22N2O3S. The van der Waals surface area contributed by atoms with Crippen LogP contribution in [0, 0.1) is 0 Å². The van der Waals surface area contributed by atoms with Crippen molar-refractivity contribution in [3.8, 4) is 5.75 Å². The van der Waals surface area contributed by atoms with Crippen LogP contribution in [0.1, 0.15) is 19.4 Å². The summed E-state index contributed by atoms with van der Waals surface area (Å²) < 4.78 is 30.8. The maximum Gasteiger partial charge on any atom is 0.246 e. The lowest BCUT2D eigenvalue weighted by Gasteiger charge is -2.16. The molecule has 0 saturated carbocycles. The van der Waals surface area contributed by atoms with E-state index in [-0.39, 0.29) is 4.90 Å². The maximum absolute atomic E-state index is 12.2. The molecule has 0 amide bonds. The number of nitrogens with one attached hydrogen (secondary N) is 1. The van der Waals surface area contributed by atoms with Gasteiger partial charge in [0.05, 0.1) is 7.11 Å². The van der Waals surface area contributed by atoms with Crippen LogP contribution >= 0.6 is 0 Å². The first-order valence-corrected chi connectivity index (χ1v) is 7.56. The Labute approximate surface area is 115 Å². The molecule has 0 spiro atoms. The molecule has 0 heterocycles. The zero-order valence-corrected chi connectivity index (χ0v) is 12.9. The first kappa shape index (κ1) is 15.9. The average Bonchev–Trinajstić information content (AvgIpc) is 2.35. The highest BCUT2D eigenvalue weighted by Gasteiger charge is 2.22. The Balaban J connectivity index is 3.17. The summed E-state index contributed by atoms with van der Waals surface area (Å²) in [4.78, 5) is 0.197. The normalized spacial score (nSPS) is 12.2. The summed E-state index contributed by atoms with van der Waals surface area (Å²) in [5.41, 5.74) is 0.912. The van der Waals surface area contributed by atoms with Crippen LogP contribution in [0.15, 0.2) is 23.1 Å². The number of benzene rings is 1. The zero-order chi connectivity index (χ0) is 14.6. The molecule has 108 valence electrons. The Hall–Kier alpha value is -1.11. The first-order valence-electron chi connectivity index (χ1n) is 6.12. The zero-order valence-electron chi connectivity index (χ0n) is 12.1. The van der Waals surface area contributed by atoms with Gasteiger partial charge in [0.25, 0.3) is 0 Å². The van der Waals surface area contributed by atoms with Gasteiger partial charge in [-0.3, -0.25) is 0 Å². The largest absolute Gasteiger partial charge is 0.495 e. The first-order chi connectivity index (χ1) is 8.78. The second kappa shape index (κ2) is 6.36. The molecule has 19 heavy (non-hydrogen) atoms. The van der Waals surface area contributed by atoms with Gasteiger partial charge >= 0.3 is 0 Å².